The van der Waals surface area contributed by atoms with E-state index in [2.05, 4.69) is 10.3 Å². The number of nitrogens with zero attached hydrogens (tertiary/aromatic N) is 2. The Hall–Kier alpha value is -3.13. The monoisotopic (exact) mass is 425 g/mol. The van der Waals surface area contributed by atoms with E-state index in [-0.39, 0.29) is 18.2 Å². The molecule has 156 valence electrons. The average molecular weight is 426 g/mol. The summed E-state index contributed by atoms with van der Waals surface area (Å²) in [6.45, 7) is 4.41. The van der Waals surface area contributed by atoms with E-state index < -0.39 is 11.2 Å². The first-order valence-corrected chi connectivity index (χ1v) is 10.6. The molecule has 2 amide bonds. The third-order valence-electron chi connectivity index (χ3n) is 4.37. The lowest BCUT2D eigenvalue weighted by Gasteiger charge is -2.13. The predicted molar refractivity (Wildman–Crippen MR) is 118 cm³/mol. The summed E-state index contributed by atoms with van der Waals surface area (Å²) in [5, 5.41) is 2.85. The topological polar surface area (TPSA) is 88.1 Å². The molecular formula is C22H23N3O4S. The highest BCUT2D eigenvalue weighted by Gasteiger charge is 2.38. The Bertz CT molecular complexity index is 945. The van der Waals surface area contributed by atoms with Crippen LogP contribution in [-0.2, 0) is 14.3 Å². The van der Waals surface area contributed by atoms with Gasteiger partial charge in [-0.25, -0.2) is 9.79 Å². The molecule has 0 bridgehead atoms. The first kappa shape index (κ1) is 21.6. The number of carbonyl (C=O) groups excluding carboxylic acids is 3. The van der Waals surface area contributed by atoms with Crippen LogP contribution in [0, 0.1) is 0 Å². The molecule has 1 aliphatic rings. The first-order valence-electron chi connectivity index (χ1n) is 9.70. The number of aliphatic imine (C=N–C) groups is 1. The first-order chi connectivity index (χ1) is 14.5. The fourth-order valence-electron chi connectivity index (χ4n) is 2.91. The molecule has 30 heavy (non-hydrogen) atoms. The van der Waals surface area contributed by atoms with Crippen molar-refractivity contribution in [1.29, 1.82) is 0 Å². The highest BCUT2D eigenvalue weighted by atomic mass is 32.2. The van der Waals surface area contributed by atoms with Gasteiger partial charge in [0.1, 0.15) is 5.25 Å². The van der Waals surface area contributed by atoms with Crippen LogP contribution in [0.25, 0.3) is 0 Å². The maximum Gasteiger partial charge on any atom is 0.338 e. The van der Waals surface area contributed by atoms with Gasteiger partial charge in [0.15, 0.2) is 5.17 Å². The molecule has 1 atom stereocenters. The number of benzene rings is 2. The summed E-state index contributed by atoms with van der Waals surface area (Å²) in [4.78, 5) is 43.0. The van der Waals surface area contributed by atoms with Gasteiger partial charge in [-0.3, -0.25) is 14.5 Å². The minimum atomic E-state index is -0.522. The standard InChI is InChI=1S/C22H23N3O4S/c1-3-25-20(27)18(30-22(25)24-16-8-6-5-7-9-16)14-19(26)23-17-12-10-15(11-13-17)21(28)29-4-2/h5-13,18H,3-4,14H2,1-2H3,(H,23,26). The molecule has 1 fully saturated rings. The molecule has 1 aliphatic heterocycles. The molecule has 1 N–H and O–H groups in total. The highest BCUT2D eigenvalue weighted by molar-refractivity contribution is 8.15. The van der Waals surface area contributed by atoms with Crippen LogP contribution in [0.15, 0.2) is 59.6 Å². The van der Waals surface area contributed by atoms with Crippen LogP contribution < -0.4 is 5.32 Å². The predicted octanol–water partition coefficient (Wildman–Crippen LogP) is 3.84. The molecular weight excluding hydrogens is 402 g/mol. The fraction of sp³-hybridized carbons (Fsp3) is 0.273. The smallest absolute Gasteiger partial charge is 0.338 e. The van der Waals surface area contributed by atoms with Crippen molar-refractivity contribution in [3.8, 4) is 0 Å². The molecule has 0 aromatic heterocycles. The number of para-hydroxylation sites is 1. The van der Waals surface area contributed by atoms with Crippen LogP contribution >= 0.6 is 11.8 Å². The lowest BCUT2D eigenvalue weighted by molar-refractivity contribution is -0.128. The number of thioether (sulfide) groups is 1. The molecule has 7 nitrogen and oxygen atoms in total. The lowest BCUT2D eigenvalue weighted by atomic mass is 10.2. The van der Waals surface area contributed by atoms with E-state index in [0.29, 0.717) is 29.6 Å². The molecule has 8 heteroatoms. The Morgan fingerprint density at radius 2 is 1.80 bits per heavy atom. The lowest BCUT2D eigenvalue weighted by Crippen LogP contribution is -2.33. The molecule has 0 radical (unpaired) electrons. The number of hydrogen-bond donors (Lipinski definition) is 1. The zero-order valence-corrected chi connectivity index (χ0v) is 17.6. The van der Waals surface area contributed by atoms with Gasteiger partial charge >= 0.3 is 5.97 Å². The largest absolute Gasteiger partial charge is 0.462 e. The van der Waals surface area contributed by atoms with Gasteiger partial charge in [0.05, 0.1) is 17.9 Å². The van der Waals surface area contributed by atoms with Crippen molar-refractivity contribution in [3.05, 3.63) is 60.2 Å². The van der Waals surface area contributed by atoms with E-state index >= 15 is 0 Å². The number of hydrogen-bond acceptors (Lipinski definition) is 6. The van der Waals surface area contributed by atoms with Gasteiger partial charge in [0.2, 0.25) is 11.8 Å². The summed E-state index contributed by atoms with van der Waals surface area (Å²) in [5.74, 6) is -0.806. The second-order valence-electron chi connectivity index (χ2n) is 6.47. The van der Waals surface area contributed by atoms with E-state index in [1.165, 1.54) is 11.8 Å². The van der Waals surface area contributed by atoms with E-state index in [9.17, 15) is 14.4 Å². The molecule has 2 aromatic rings. The second-order valence-corrected chi connectivity index (χ2v) is 7.64. The Morgan fingerprint density at radius 1 is 1.10 bits per heavy atom. The van der Waals surface area contributed by atoms with Crippen LogP contribution in [-0.4, -0.2) is 46.3 Å². The third-order valence-corrected chi connectivity index (χ3v) is 5.54. The molecule has 0 aliphatic carbocycles. The molecule has 2 aromatic carbocycles. The number of amidine groups is 1. The highest BCUT2D eigenvalue weighted by Crippen LogP contribution is 2.31. The number of anilines is 1. The fourth-order valence-corrected chi connectivity index (χ4v) is 4.14. The van der Waals surface area contributed by atoms with Crippen molar-refractivity contribution >= 4 is 46.1 Å². The summed E-state index contributed by atoms with van der Waals surface area (Å²) in [6.07, 6.45) is 0.0352. The summed E-state index contributed by atoms with van der Waals surface area (Å²) < 4.78 is 4.94. The van der Waals surface area contributed by atoms with Crippen LogP contribution in [0.3, 0.4) is 0 Å². The molecule has 0 saturated carbocycles. The maximum atomic E-state index is 12.7. The van der Waals surface area contributed by atoms with Crippen LogP contribution in [0.5, 0.6) is 0 Å². The van der Waals surface area contributed by atoms with Gasteiger partial charge in [-0.05, 0) is 50.2 Å². The van der Waals surface area contributed by atoms with E-state index in [1.54, 1.807) is 36.1 Å². The van der Waals surface area contributed by atoms with Gasteiger partial charge in [0.25, 0.3) is 0 Å². The van der Waals surface area contributed by atoms with Gasteiger partial charge in [0, 0.05) is 18.7 Å². The number of carbonyl (C=O) groups is 3. The summed E-state index contributed by atoms with van der Waals surface area (Å²) >= 11 is 1.30. The Morgan fingerprint density at radius 3 is 2.43 bits per heavy atom. The van der Waals surface area contributed by atoms with Crippen LogP contribution in [0.2, 0.25) is 0 Å². The second kappa shape index (κ2) is 10.1. The number of esters is 1. The Labute approximate surface area is 179 Å². The summed E-state index contributed by atoms with van der Waals surface area (Å²) in [5.41, 5.74) is 1.73. The molecule has 0 spiro atoms. The zero-order chi connectivity index (χ0) is 21.5. The molecule has 3 rings (SSSR count). The SMILES string of the molecule is CCOC(=O)c1ccc(NC(=O)CC2SC(=Nc3ccccc3)N(CC)C2=O)cc1. The molecule has 1 saturated heterocycles. The van der Waals surface area contributed by atoms with Gasteiger partial charge < -0.3 is 10.1 Å². The van der Waals surface area contributed by atoms with E-state index in [1.807, 2.05) is 37.3 Å². The van der Waals surface area contributed by atoms with Gasteiger partial charge in [-0.2, -0.15) is 0 Å². The van der Waals surface area contributed by atoms with E-state index in [4.69, 9.17) is 4.74 Å². The minimum absolute atomic E-state index is 0.0352. The number of amides is 2. The van der Waals surface area contributed by atoms with Crippen molar-refractivity contribution in [3.63, 3.8) is 0 Å². The zero-order valence-electron chi connectivity index (χ0n) is 16.8. The summed E-state index contributed by atoms with van der Waals surface area (Å²) in [6, 6.07) is 15.9. The average Bonchev–Trinajstić information content (AvgIpc) is 3.03. The summed E-state index contributed by atoms with van der Waals surface area (Å²) in [7, 11) is 0. The van der Waals surface area contributed by atoms with E-state index in [0.717, 1.165) is 5.69 Å². The molecule has 1 unspecified atom stereocenters. The minimum Gasteiger partial charge on any atom is -0.462 e. The van der Waals surface area contributed by atoms with Crippen LogP contribution in [0.4, 0.5) is 11.4 Å². The normalized spacial score (nSPS) is 17.3. The van der Waals surface area contributed by atoms with Gasteiger partial charge in [-0.15, -0.1) is 0 Å². The third kappa shape index (κ3) is 5.27. The molecule has 1 heterocycles. The van der Waals surface area contributed by atoms with Crippen molar-refractivity contribution in [1.82, 2.24) is 4.90 Å². The Balaban J connectivity index is 1.63. The van der Waals surface area contributed by atoms with Crippen molar-refractivity contribution < 1.29 is 19.1 Å². The number of ether oxygens (including phenoxy) is 1. The number of rotatable bonds is 7. The maximum absolute atomic E-state index is 12.7. The van der Waals surface area contributed by atoms with Crippen LogP contribution in [0.1, 0.15) is 30.6 Å². The van der Waals surface area contributed by atoms with Gasteiger partial charge in [-0.1, -0.05) is 30.0 Å². The van der Waals surface area contributed by atoms with Crippen molar-refractivity contribution in [2.45, 2.75) is 25.5 Å². The quantitative estimate of drug-likeness (QED) is 0.681. The Kier molecular flexibility index (Phi) is 7.24. The van der Waals surface area contributed by atoms with Crippen molar-refractivity contribution in [2.24, 2.45) is 4.99 Å². The van der Waals surface area contributed by atoms with Crippen molar-refractivity contribution in [2.75, 3.05) is 18.5 Å². The number of nitrogens with one attached hydrogen (secondary N) is 1.